The minimum atomic E-state index is -0.0651. The third-order valence-electron chi connectivity index (χ3n) is 5.81. The molecule has 1 aliphatic carbocycles. The van der Waals surface area contributed by atoms with Gasteiger partial charge in [-0.1, -0.05) is 12.1 Å². The molecule has 4 rings (SSSR count). The van der Waals surface area contributed by atoms with E-state index in [1.165, 1.54) is 12.8 Å². The summed E-state index contributed by atoms with van der Waals surface area (Å²) in [6.45, 7) is 3.53. The van der Waals surface area contributed by atoms with Crippen LogP contribution in [0.15, 0.2) is 52.1 Å². The van der Waals surface area contributed by atoms with Gasteiger partial charge in [-0.25, -0.2) is 0 Å². The molecule has 0 spiro atoms. The van der Waals surface area contributed by atoms with Crippen LogP contribution in [0.5, 0.6) is 5.75 Å². The van der Waals surface area contributed by atoms with Gasteiger partial charge in [0.25, 0.3) is 5.91 Å². The van der Waals surface area contributed by atoms with E-state index < -0.39 is 0 Å². The van der Waals surface area contributed by atoms with Crippen LogP contribution in [0.3, 0.4) is 0 Å². The minimum absolute atomic E-state index is 0. The third-order valence-corrected chi connectivity index (χ3v) is 5.81. The number of aliphatic imine (C=N–C) groups is 1. The first-order valence-electron chi connectivity index (χ1n) is 11.4. The Balaban J connectivity index is 0.00000306. The molecule has 1 aromatic carbocycles. The second-order valence-corrected chi connectivity index (χ2v) is 8.36. The van der Waals surface area contributed by atoms with Crippen molar-refractivity contribution < 1.29 is 13.9 Å². The molecule has 1 unspecified atom stereocenters. The normalized spacial score (nSPS) is 17.2. The Bertz CT molecular complexity index is 895. The topological polar surface area (TPSA) is 91.1 Å². The number of ether oxygens (including phenoxy) is 1. The van der Waals surface area contributed by atoms with Gasteiger partial charge >= 0.3 is 0 Å². The second-order valence-electron chi connectivity index (χ2n) is 8.36. The van der Waals surface area contributed by atoms with E-state index in [9.17, 15) is 4.79 Å². The standard InChI is InChI=1S/C24H33N5O3.HI/c1-25-24(27-16-21(22-8-5-13-31-22)29-11-2-3-12-29)26-15-18-6-4-7-20(14-18)32-17-23(30)28-19-9-10-19;/h4-8,13-14,19,21H,2-3,9-12,15-17H2,1H3,(H,28,30)(H2,25,26,27);1H. The number of benzene rings is 1. The molecule has 0 radical (unpaired) electrons. The van der Waals surface area contributed by atoms with Crippen molar-refractivity contribution in [2.24, 2.45) is 4.99 Å². The van der Waals surface area contributed by atoms with E-state index in [0.29, 0.717) is 24.9 Å². The van der Waals surface area contributed by atoms with Crippen LogP contribution in [0.1, 0.15) is 43.0 Å². The van der Waals surface area contributed by atoms with Gasteiger partial charge in [0.15, 0.2) is 12.6 Å². The minimum Gasteiger partial charge on any atom is -0.484 e. The SMILES string of the molecule is CN=C(NCc1cccc(OCC(=O)NC2CC2)c1)NCC(c1ccco1)N1CCCC1.I. The van der Waals surface area contributed by atoms with Crippen LogP contribution in [0.4, 0.5) is 0 Å². The Morgan fingerprint density at radius 2 is 2.03 bits per heavy atom. The summed E-state index contributed by atoms with van der Waals surface area (Å²) in [5.74, 6) is 2.33. The van der Waals surface area contributed by atoms with Crippen molar-refractivity contribution in [3.63, 3.8) is 0 Å². The van der Waals surface area contributed by atoms with E-state index in [4.69, 9.17) is 9.15 Å². The van der Waals surface area contributed by atoms with Crippen molar-refractivity contribution in [1.29, 1.82) is 0 Å². The fraction of sp³-hybridized carbons (Fsp3) is 0.500. The molecule has 2 fully saturated rings. The highest BCUT2D eigenvalue weighted by Gasteiger charge is 2.25. The molecule has 1 saturated heterocycles. The van der Waals surface area contributed by atoms with Crippen molar-refractivity contribution in [3.8, 4) is 5.75 Å². The summed E-state index contributed by atoms with van der Waals surface area (Å²) in [7, 11) is 1.77. The van der Waals surface area contributed by atoms with Gasteiger partial charge in [-0.05, 0) is 68.6 Å². The van der Waals surface area contributed by atoms with Gasteiger partial charge in [0.1, 0.15) is 11.5 Å². The van der Waals surface area contributed by atoms with Crippen LogP contribution in [-0.2, 0) is 11.3 Å². The lowest BCUT2D eigenvalue weighted by atomic mass is 10.2. The number of nitrogens with zero attached hydrogens (tertiary/aromatic N) is 2. The van der Waals surface area contributed by atoms with Crippen molar-refractivity contribution in [1.82, 2.24) is 20.9 Å². The zero-order valence-electron chi connectivity index (χ0n) is 19.1. The first-order chi connectivity index (χ1) is 15.7. The first kappa shape index (κ1) is 25.4. The zero-order valence-corrected chi connectivity index (χ0v) is 21.4. The molecule has 2 aliphatic rings. The maximum absolute atomic E-state index is 11.8. The fourth-order valence-electron chi connectivity index (χ4n) is 3.93. The first-order valence-corrected chi connectivity index (χ1v) is 11.4. The Kier molecular flexibility index (Phi) is 9.86. The predicted octanol–water partition coefficient (Wildman–Crippen LogP) is 3.06. The van der Waals surface area contributed by atoms with Crippen molar-refractivity contribution in [3.05, 3.63) is 54.0 Å². The number of amides is 1. The van der Waals surface area contributed by atoms with Gasteiger partial charge < -0.3 is 25.1 Å². The molecule has 1 aliphatic heterocycles. The van der Waals surface area contributed by atoms with Gasteiger partial charge in [-0.3, -0.25) is 14.7 Å². The number of guanidine groups is 1. The summed E-state index contributed by atoms with van der Waals surface area (Å²) in [6, 6.07) is 12.3. The monoisotopic (exact) mass is 567 g/mol. The summed E-state index contributed by atoms with van der Waals surface area (Å²) in [4.78, 5) is 18.6. The maximum Gasteiger partial charge on any atom is 0.258 e. The number of carbonyl (C=O) groups excluding carboxylic acids is 1. The predicted molar refractivity (Wildman–Crippen MR) is 139 cm³/mol. The van der Waals surface area contributed by atoms with Gasteiger partial charge in [0, 0.05) is 26.2 Å². The summed E-state index contributed by atoms with van der Waals surface area (Å²) >= 11 is 0. The third kappa shape index (κ3) is 7.92. The van der Waals surface area contributed by atoms with E-state index in [-0.39, 0.29) is 42.5 Å². The average molecular weight is 567 g/mol. The number of halogens is 1. The molecule has 9 heteroatoms. The smallest absolute Gasteiger partial charge is 0.258 e. The number of carbonyl (C=O) groups is 1. The maximum atomic E-state index is 11.8. The summed E-state index contributed by atoms with van der Waals surface area (Å²) in [5, 5.41) is 9.72. The fourth-order valence-corrected chi connectivity index (χ4v) is 3.93. The molecule has 1 saturated carbocycles. The molecular formula is C24H34IN5O3. The average Bonchev–Trinajstić information content (AvgIpc) is 3.23. The zero-order chi connectivity index (χ0) is 22.2. The van der Waals surface area contributed by atoms with Crippen molar-refractivity contribution in [2.45, 2.75) is 44.3 Å². The van der Waals surface area contributed by atoms with Gasteiger partial charge in [0.05, 0.1) is 12.3 Å². The van der Waals surface area contributed by atoms with Crippen LogP contribution in [-0.4, -0.2) is 56.1 Å². The molecule has 2 aromatic rings. The Morgan fingerprint density at radius 3 is 2.73 bits per heavy atom. The highest BCUT2D eigenvalue weighted by molar-refractivity contribution is 14.0. The molecule has 1 atom stereocenters. The number of rotatable bonds is 10. The largest absolute Gasteiger partial charge is 0.484 e. The Labute approximate surface area is 212 Å². The summed E-state index contributed by atoms with van der Waals surface area (Å²) < 4.78 is 11.3. The van der Waals surface area contributed by atoms with E-state index in [1.54, 1.807) is 13.3 Å². The van der Waals surface area contributed by atoms with E-state index in [0.717, 1.165) is 43.2 Å². The molecule has 33 heavy (non-hydrogen) atoms. The Hall–Kier alpha value is -2.27. The Morgan fingerprint density at radius 1 is 1.21 bits per heavy atom. The lowest BCUT2D eigenvalue weighted by molar-refractivity contribution is -0.123. The van der Waals surface area contributed by atoms with Gasteiger partial charge in [0.2, 0.25) is 0 Å². The molecule has 1 aromatic heterocycles. The number of likely N-dealkylation sites (tertiary alicyclic amines) is 1. The number of hydrogen-bond acceptors (Lipinski definition) is 5. The van der Waals surface area contributed by atoms with E-state index >= 15 is 0 Å². The molecule has 8 nitrogen and oxygen atoms in total. The quantitative estimate of drug-likeness (QED) is 0.232. The molecule has 2 heterocycles. The van der Waals surface area contributed by atoms with Gasteiger partial charge in [-0.15, -0.1) is 24.0 Å². The van der Waals surface area contributed by atoms with Crippen LogP contribution in [0.25, 0.3) is 0 Å². The molecule has 180 valence electrons. The molecule has 0 bridgehead atoms. The number of nitrogens with one attached hydrogen (secondary N) is 3. The highest BCUT2D eigenvalue weighted by atomic mass is 127. The highest BCUT2D eigenvalue weighted by Crippen LogP contribution is 2.25. The molecule has 3 N–H and O–H groups in total. The van der Waals surface area contributed by atoms with E-state index in [2.05, 4.69) is 25.8 Å². The van der Waals surface area contributed by atoms with Crippen molar-refractivity contribution >= 4 is 35.8 Å². The summed E-state index contributed by atoms with van der Waals surface area (Å²) in [6.07, 6.45) is 6.33. The lowest BCUT2D eigenvalue weighted by Crippen LogP contribution is -2.42. The molecule has 1 amide bonds. The second kappa shape index (κ2) is 12.8. The summed E-state index contributed by atoms with van der Waals surface area (Å²) in [5.41, 5.74) is 1.05. The number of hydrogen-bond donors (Lipinski definition) is 3. The van der Waals surface area contributed by atoms with Crippen molar-refractivity contribution in [2.75, 3.05) is 33.3 Å². The van der Waals surface area contributed by atoms with E-state index in [1.807, 2.05) is 36.4 Å². The van der Waals surface area contributed by atoms with Gasteiger partial charge in [-0.2, -0.15) is 0 Å². The van der Waals surface area contributed by atoms with Crippen LogP contribution >= 0.6 is 24.0 Å². The molecular weight excluding hydrogens is 533 g/mol. The lowest BCUT2D eigenvalue weighted by Gasteiger charge is -2.26. The van der Waals surface area contributed by atoms with Crippen LogP contribution < -0.4 is 20.7 Å². The number of furan rings is 1. The van der Waals surface area contributed by atoms with Crippen LogP contribution in [0.2, 0.25) is 0 Å². The van der Waals surface area contributed by atoms with Crippen LogP contribution in [0, 0.1) is 0 Å².